The SMILES string of the molecule is C=C1CC(=O)OC1=N. The van der Waals surface area contributed by atoms with Gasteiger partial charge in [0, 0.05) is 5.57 Å². The van der Waals surface area contributed by atoms with Gasteiger partial charge in [-0.25, -0.2) is 0 Å². The Morgan fingerprint density at radius 2 is 2.38 bits per heavy atom. The Labute approximate surface area is 46.5 Å². The van der Waals surface area contributed by atoms with E-state index in [1.165, 1.54) is 0 Å². The number of hydrogen-bond acceptors (Lipinski definition) is 3. The van der Waals surface area contributed by atoms with Gasteiger partial charge in [0.05, 0.1) is 6.42 Å². The van der Waals surface area contributed by atoms with Gasteiger partial charge in [-0.05, 0) is 0 Å². The van der Waals surface area contributed by atoms with Gasteiger partial charge in [-0.2, -0.15) is 0 Å². The van der Waals surface area contributed by atoms with Crippen molar-refractivity contribution in [1.29, 1.82) is 5.41 Å². The topological polar surface area (TPSA) is 50.2 Å². The van der Waals surface area contributed by atoms with Crippen LogP contribution in [-0.2, 0) is 9.53 Å². The Hall–Kier alpha value is -1.12. The maximum atomic E-state index is 10.2. The summed E-state index contributed by atoms with van der Waals surface area (Å²) in [5.74, 6) is -0.463. The van der Waals surface area contributed by atoms with E-state index in [-0.39, 0.29) is 18.3 Å². The van der Waals surface area contributed by atoms with E-state index in [0.29, 0.717) is 5.57 Å². The summed E-state index contributed by atoms with van der Waals surface area (Å²) in [4.78, 5) is 10.2. The first-order valence-electron chi connectivity index (χ1n) is 2.17. The first-order chi connectivity index (χ1) is 3.70. The minimum Gasteiger partial charge on any atom is -0.408 e. The number of cyclic esters (lactones) is 1. The van der Waals surface area contributed by atoms with Crippen molar-refractivity contribution in [3.05, 3.63) is 12.2 Å². The summed E-state index contributed by atoms with van der Waals surface area (Å²) in [6, 6.07) is 0. The molecule has 3 heteroatoms. The molecule has 1 saturated heterocycles. The summed E-state index contributed by atoms with van der Waals surface area (Å²) in [7, 11) is 0. The Morgan fingerprint density at radius 3 is 2.50 bits per heavy atom. The van der Waals surface area contributed by atoms with E-state index in [9.17, 15) is 4.79 Å². The van der Waals surface area contributed by atoms with Crippen LogP contribution in [0.3, 0.4) is 0 Å². The van der Waals surface area contributed by atoms with E-state index in [1.807, 2.05) is 0 Å². The highest BCUT2D eigenvalue weighted by molar-refractivity contribution is 6.06. The van der Waals surface area contributed by atoms with E-state index >= 15 is 0 Å². The Kier molecular flexibility index (Phi) is 0.901. The van der Waals surface area contributed by atoms with Crippen LogP contribution in [-0.4, -0.2) is 11.9 Å². The standard InChI is InChI=1S/C5H5NO2/c1-3-2-4(7)8-5(3)6/h6H,1-2H2. The zero-order valence-electron chi connectivity index (χ0n) is 4.23. The van der Waals surface area contributed by atoms with Gasteiger partial charge < -0.3 is 4.74 Å². The molecule has 3 nitrogen and oxygen atoms in total. The second-order valence-electron chi connectivity index (χ2n) is 1.58. The van der Waals surface area contributed by atoms with Crippen molar-refractivity contribution in [2.45, 2.75) is 6.42 Å². The predicted octanol–water partition coefficient (Wildman–Crippen LogP) is 0.467. The summed E-state index contributed by atoms with van der Waals surface area (Å²) in [5, 5.41) is 6.84. The molecule has 0 aromatic heterocycles. The third kappa shape index (κ3) is 0.621. The maximum Gasteiger partial charge on any atom is 0.317 e. The van der Waals surface area contributed by atoms with Crippen LogP contribution in [0.2, 0.25) is 0 Å². The number of hydrogen-bond donors (Lipinski definition) is 1. The molecule has 0 amide bonds. The van der Waals surface area contributed by atoms with Crippen molar-refractivity contribution in [1.82, 2.24) is 0 Å². The largest absolute Gasteiger partial charge is 0.408 e. The van der Waals surface area contributed by atoms with Crippen molar-refractivity contribution in [2.75, 3.05) is 0 Å². The van der Waals surface area contributed by atoms with E-state index in [2.05, 4.69) is 11.3 Å². The lowest BCUT2D eigenvalue weighted by atomic mass is 10.3. The Balaban J connectivity index is 2.79. The molecule has 8 heavy (non-hydrogen) atoms. The molecule has 42 valence electrons. The molecule has 0 atom stereocenters. The minimum atomic E-state index is -0.375. The summed E-state index contributed by atoms with van der Waals surface area (Å²) in [6.45, 7) is 3.42. The maximum absolute atomic E-state index is 10.2. The smallest absolute Gasteiger partial charge is 0.317 e. The molecule has 1 fully saturated rings. The molecule has 0 aliphatic carbocycles. The monoisotopic (exact) mass is 111 g/mol. The number of esters is 1. The van der Waals surface area contributed by atoms with Crippen molar-refractivity contribution >= 4 is 11.9 Å². The summed E-state index contributed by atoms with van der Waals surface area (Å²) in [6.07, 6.45) is 0.179. The fourth-order valence-corrected chi connectivity index (χ4v) is 0.477. The number of nitrogens with one attached hydrogen (secondary N) is 1. The number of rotatable bonds is 0. The van der Waals surface area contributed by atoms with Gasteiger partial charge in [0.15, 0.2) is 0 Å². The average molecular weight is 111 g/mol. The van der Waals surface area contributed by atoms with Crippen LogP contribution >= 0.6 is 0 Å². The van der Waals surface area contributed by atoms with E-state index in [0.717, 1.165) is 0 Å². The molecule has 1 heterocycles. The van der Waals surface area contributed by atoms with Gasteiger partial charge >= 0.3 is 5.97 Å². The fraction of sp³-hybridized carbons (Fsp3) is 0.200. The molecule has 0 unspecified atom stereocenters. The average Bonchev–Trinajstić information content (AvgIpc) is 1.85. The summed E-state index contributed by atoms with van der Waals surface area (Å²) in [5.41, 5.74) is 0.468. The summed E-state index contributed by atoms with van der Waals surface area (Å²) < 4.78 is 4.32. The second kappa shape index (κ2) is 1.43. The molecule has 0 aromatic rings. The van der Waals surface area contributed by atoms with Crippen molar-refractivity contribution in [2.24, 2.45) is 0 Å². The highest BCUT2D eigenvalue weighted by atomic mass is 16.5. The molecule has 1 aliphatic rings. The lowest BCUT2D eigenvalue weighted by Gasteiger charge is -1.85. The molecule has 1 aliphatic heterocycles. The highest BCUT2D eigenvalue weighted by Gasteiger charge is 2.20. The third-order valence-corrected chi connectivity index (χ3v) is 0.895. The molecule has 1 rings (SSSR count). The highest BCUT2D eigenvalue weighted by Crippen LogP contribution is 2.11. The lowest BCUT2D eigenvalue weighted by Crippen LogP contribution is -1.94. The van der Waals surface area contributed by atoms with Crippen LogP contribution in [0, 0.1) is 5.41 Å². The molecule has 0 spiro atoms. The molecule has 0 radical (unpaired) electrons. The van der Waals surface area contributed by atoms with Crippen molar-refractivity contribution in [3.8, 4) is 0 Å². The van der Waals surface area contributed by atoms with Crippen LogP contribution in [0.15, 0.2) is 12.2 Å². The number of carbonyl (C=O) groups is 1. The third-order valence-electron chi connectivity index (χ3n) is 0.895. The summed E-state index contributed by atoms with van der Waals surface area (Å²) >= 11 is 0. The van der Waals surface area contributed by atoms with Gasteiger partial charge in [-0.15, -0.1) is 0 Å². The van der Waals surface area contributed by atoms with E-state index in [4.69, 9.17) is 5.41 Å². The molecule has 0 bridgehead atoms. The molecule has 1 N–H and O–H groups in total. The van der Waals surface area contributed by atoms with Crippen molar-refractivity contribution in [3.63, 3.8) is 0 Å². The lowest BCUT2D eigenvalue weighted by molar-refractivity contribution is -0.132. The van der Waals surface area contributed by atoms with Gasteiger partial charge in [-0.1, -0.05) is 6.58 Å². The van der Waals surface area contributed by atoms with Crippen LogP contribution in [0.25, 0.3) is 0 Å². The normalized spacial score (nSPS) is 19.2. The van der Waals surface area contributed by atoms with Gasteiger partial charge in [0.25, 0.3) is 0 Å². The molecule has 0 saturated carbocycles. The van der Waals surface area contributed by atoms with Crippen molar-refractivity contribution < 1.29 is 9.53 Å². The fourth-order valence-electron chi connectivity index (χ4n) is 0.477. The molecular formula is C5H5NO2. The van der Waals surface area contributed by atoms with E-state index in [1.54, 1.807) is 0 Å². The molecular weight excluding hydrogens is 106 g/mol. The van der Waals surface area contributed by atoms with Gasteiger partial charge in [0.1, 0.15) is 0 Å². The van der Waals surface area contributed by atoms with Crippen LogP contribution in [0.5, 0.6) is 0 Å². The zero-order chi connectivity index (χ0) is 6.15. The molecule has 0 aromatic carbocycles. The number of carbonyl (C=O) groups excluding carboxylic acids is 1. The van der Waals surface area contributed by atoms with E-state index < -0.39 is 0 Å². The Bertz CT molecular complexity index is 153. The van der Waals surface area contributed by atoms with Crippen LogP contribution in [0.1, 0.15) is 6.42 Å². The first kappa shape index (κ1) is 5.03. The first-order valence-corrected chi connectivity index (χ1v) is 2.17. The minimum absolute atomic E-state index is 0.0880. The second-order valence-corrected chi connectivity index (χ2v) is 1.58. The van der Waals surface area contributed by atoms with Gasteiger partial charge in [-0.3, -0.25) is 10.2 Å². The zero-order valence-corrected chi connectivity index (χ0v) is 4.23. The quantitative estimate of drug-likeness (QED) is 0.462. The number of ether oxygens (including phenoxy) is 1. The predicted molar refractivity (Wildman–Crippen MR) is 27.6 cm³/mol. The Morgan fingerprint density at radius 1 is 1.75 bits per heavy atom. The van der Waals surface area contributed by atoms with Crippen LogP contribution < -0.4 is 0 Å². The van der Waals surface area contributed by atoms with Crippen LogP contribution in [0.4, 0.5) is 0 Å². The van der Waals surface area contributed by atoms with Gasteiger partial charge in [0.2, 0.25) is 5.90 Å².